The van der Waals surface area contributed by atoms with E-state index in [0.29, 0.717) is 6.61 Å². The number of nitrogens with zero attached hydrogens (tertiary/aromatic N) is 1. The van der Waals surface area contributed by atoms with Gasteiger partial charge in [0, 0.05) is 6.04 Å². The first-order chi connectivity index (χ1) is 9.52. The van der Waals surface area contributed by atoms with E-state index in [2.05, 4.69) is 18.2 Å². The van der Waals surface area contributed by atoms with Gasteiger partial charge < -0.3 is 10.5 Å². The third kappa shape index (κ3) is 3.74. The monoisotopic (exact) mass is 272 g/mol. The summed E-state index contributed by atoms with van der Waals surface area (Å²) in [6.45, 7) is 4.68. The lowest BCUT2D eigenvalue weighted by molar-refractivity contribution is 0.294. The van der Waals surface area contributed by atoms with Gasteiger partial charge in [-0.15, -0.1) is 0 Å². The van der Waals surface area contributed by atoms with E-state index >= 15 is 0 Å². The normalized spacial score (nSPS) is 17.6. The van der Waals surface area contributed by atoms with Crippen molar-refractivity contribution in [1.29, 1.82) is 5.26 Å². The summed E-state index contributed by atoms with van der Waals surface area (Å²) in [7, 11) is 0. The Kier molecular flexibility index (Phi) is 4.67. The Morgan fingerprint density at radius 3 is 2.95 bits per heavy atom. The lowest BCUT2D eigenvalue weighted by atomic mass is 9.89. The molecular weight excluding hydrogens is 248 g/mol. The lowest BCUT2D eigenvalue weighted by Gasteiger charge is -2.14. The van der Waals surface area contributed by atoms with Crippen LogP contribution in [0, 0.1) is 16.7 Å². The van der Waals surface area contributed by atoms with Crippen molar-refractivity contribution in [2.75, 3.05) is 6.61 Å². The van der Waals surface area contributed by atoms with Crippen molar-refractivity contribution in [1.82, 2.24) is 0 Å². The predicted octanol–water partition coefficient (Wildman–Crippen LogP) is 3.73. The maximum absolute atomic E-state index is 8.95. The molecule has 1 aliphatic carbocycles. The highest BCUT2D eigenvalue weighted by atomic mass is 16.5. The summed E-state index contributed by atoms with van der Waals surface area (Å²) >= 11 is 0. The largest absolute Gasteiger partial charge is 0.494 e. The minimum Gasteiger partial charge on any atom is -0.494 e. The fraction of sp³-hybridized carbons (Fsp3) is 0.588. The number of unbranched alkanes of at least 4 members (excludes halogenated alkanes) is 1. The Labute approximate surface area is 121 Å². The van der Waals surface area contributed by atoms with Gasteiger partial charge in [0.15, 0.2) is 0 Å². The van der Waals surface area contributed by atoms with E-state index < -0.39 is 0 Å². The molecule has 1 aliphatic rings. The molecule has 0 saturated heterocycles. The molecule has 20 heavy (non-hydrogen) atoms. The predicted molar refractivity (Wildman–Crippen MR) is 80.4 cm³/mol. The minimum absolute atomic E-state index is 0.201. The molecule has 2 N–H and O–H groups in total. The third-order valence-corrected chi connectivity index (χ3v) is 4.01. The Balaban J connectivity index is 1.74. The SMILES string of the molecule is CC(C)(C#N)CCCCOc1ccc2c(c1)CC[C@H]2N. The number of benzene rings is 1. The van der Waals surface area contributed by atoms with Crippen LogP contribution in [0.5, 0.6) is 5.75 Å². The van der Waals surface area contributed by atoms with E-state index in [1.54, 1.807) is 0 Å². The second kappa shape index (κ2) is 6.28. The molecule has 108 valence electrons. The highest BCUT2D eigenvalue weighted by Gasteiger charge is 2.19. The molecule has 3 nitrogen and oxygen atoms in total. The molecule has 1 aromatic carbocycles. The highest BCUT2D eigenvalue weighted by Crippen LogP contribution is 2.31. The number of fused-ring (bicyclic) bond motifs is 1. The fourth-order valence-electron chi connectivity index (χ4n) is 2.63. The lowest BCUT2D eigenvalue weighted by Crippen LogP contribution is -2.08. The van der Waals surface area contributed by atoms with Gasteiger partial charge in [-0.2, -0.15) is 5.26 Å². The van der Waals surface area contributed by atoms with Crippen molar-refractivity contribution in [3.05, 3.63) is 29.3 Å². The standard InChI is InChI=1S/C17H24N2O/c1-17(2,12-18)9-3-4-10-20-14-6-7-15-13(11-14)5-8-16(15)19/h6-7,11,16H,3-5,8-10,19H2,1-2H3/t16-/m1/s1. The van der Waals surface area contributed by atoms with Crippen LogP contribution in [0.4, 0.5) is 0 Å². The molecule has 3 heteroatoms. The number of nitriles is 1. The van der Waals surface area contributed by atoms with Gasteiger partial charge in [0.05, 0.1) is 18.1 Å². The maximum Gasteiger partial charge on any atom is 0.119 e. The molecule has 0 heterocycles. The van der Waals surface area contributed by atoms with Crippen LogP contribution >= 0.6 is 0 Å². The van der Waals surface area contributed by atoms with E-state index in [-0.39, 0.29) is 11.5 Å². The summed E-state index contributed by atoms with van der Waals surface area (Å²) < 4.78 is 5.79. The summed E-state index contributed by atoms with van der Waals surface area (Å²) in [6, 6.07) is 8.77. The summed E-state index contributed by atoms with van der Waals surface area (Å²) in [6.07, 6.45) is 5.04. The second-order valence-electron chi connectivity index (χ2n) is 6.31. The number of rotatable bonds is 6. The second-order valence-corrected chi connectivity index (χ2v) is 6.31. The molecule has 0 spiro atoms. The van der Waals surface area contributed by atoms with Gasteiger partial charge in [-0.25, -0.2) is 0 Å². The number of nitrogens with two attached hydrogens (primary N) is 1. The van der Waals surface area contributed by atoms with Gasteiger partial charge in [-0.1, -0.05) is 6.07 Å². The van der Waals surface area contributed by atoms with Crippen LogP contribution in [0.3, 0.4) is 0 Å². The Morgan fingerprint density at radius 1 is 1.40 bits per heavy atom. The van der Waals surface area contributed by atoms with E-state index in [1.807, 2.05) is 19.9 Å². The van der Waals surface area contributed by atoms with Crippen LogP contribution in [-0.2, 0) is 6.42 Å². The average molecular weight is 272 g/mol. The van der Waals surface area contributed by atoms with Gasteiger partial charge in [0.1, 0.15) is 5.75 Å². The molecule has 0 aromatic heterocycles. The van der Waals surface area contributed by atoms with Crippen LogP contribution in [0.25, 0.3) is 0 Å². The van der Waals surface area contributed by atoms with E-state index in [9.17, 15) is 0 Å². The number of hydrogen-bond acceptors (Lipinski definition) is 3. The summed E-state index contributed by atoms with van der Waals surface area (Å²) in [5.41, 5.74) is 8.41. The first-order valence-electron chi connectivity index (χ1n) is 7.44. The van der Waals surface area contributed by atoms with E-state index in [4.69, 9.17) is 15.7 Å². The molecule has 0 saturated carbocycles. The average Bonchev–Trinajstić information content (AvgIpc) is 2.79. The van der Waals surface area contributed by atoms with Crippen LogP contribution < -0.4 is 10.5 Å². The topological polar surface area (TPSA) is 59.0 Å². The zero-order valence-electron chi connectivity index (χ0n) is 12.5. The van der Waals surface area contributed by atoms with Crippen molar-refractivity contribution < 1.29 is 4.74 Å². The maximum atomic E-state index is 8.95. The van der Waals surface area contributed by atoms with Crippen LogP contribution in [0.2, 0.25) is 0 Å². The quantitative estimate of drug-likeness (QED) is 0.803. The molecule has 0 bridgehead atoms. The van der Waals surface area contributed by atoms with Crippen molar-refractivity contribution in [3.8, 4) is 11.8 Å². The smallest absolute Gasteiger partial charge is 0.119 e. The Bertz CT molecular complexity index is 502. The van der Waals surface area contributed by atoms with Crippen molar-refractivity contribution in [2.45, 2.75) is 52.0 Å². The van der Waals surface area contributed by atoms with Gasteiger partial charge in [-0.3, -0.25) is 0 Å². The molecule has 0 unspecified atom stereocenters. The van der Waals surface area contributed by atoms with Crippen molar-refractivity contribution in [3.63, 3.8) is 0 Å². The first kappa shape index (κ1) is 14.9. The summed E-state index contributed by atoms with van der Waals surface area (Å²) in [4.78, 5) is 0. The van der Waals surface area contributed by atoms with E-state index in [1.165, 1.54) is 11.1 Å². The van der Waals surface area contributed by atoms with Gasteiger partial charge in [-0.05, 0) is 69.2 Å². The molecule has 0 fully saturated rings. The zero-order chi connectivity index (χ0) is 14.6. The van der Waals surface area contributed by atoms with Gasteiger partial charge >= 0.3 is 0 Å². The Hall–Kier alpha value is -1.53. The van der Waals surface area contributed by atoms with Crippen LogP contribution in [0.15, 0.2) is 18.2 Å². The molecule has 1 aromatic rings. The number of hydrogen-bond donors (Lipinski definition) is 1. The molecule has 0 radical (unpaired) electrons. The van der Waals surface area contributed by atoms with Crippen LogP contribution in [0.1, 0.15) is 56.7 Å². The zero-order valence-corrected chi connectivity index (χ0v) is 12.5. The van der Waals surface area contributed by atoms with Gasteiger partial charge in [0.2, 0.25) is 0 Å². The molecule has 2 rings (SSSR count). The van der Waals surface area contributed by atoms with Crippen LogP contribution in [-0.4, -0.2) is 6.61 Å². The molecule has 0 aliphatic heterocycles. The van der Waals surface area contributed by atoms with E-state index in [0.717, 1.165) is 37.9 Å². The number of aryl methyl sites for hydroxylation is 1. The summed E-state index contributed by atoms with van der Waals surface area (Å²) in [5, 5.41) is 8.95. The Morgan fingerprint density at radius 2 is 2.20 bits per heavy atom. The molecule has 1 atom stereocenters. The molecular formula is C17H24N2O. The van der Waals surface area contributed by atoms with Crippen molar-refractivity contribution >= 4 is 0 Å². The fourth-order valence-corrected chi connectivity index (χ4v) is 2.63. The minimum atomic E-state index is -0.219. The summed E-state index contributed by atoms with van der Waals surface area (Å²) in [5.74, 6) is 0.942. The highest BCUT2D eigenvalue weighted by molar-refractivity contribution is 5.40. The molecule has 0 amide bonds. The number of ether oxygens (including phenoxy) is 1. The first-order valence-corrected chi connectivity index (χ1v) is 7.44. The van der Waals surface area contributed by atoms with Crippen molar-refractivity contribution in [2.24, 2.45) is 11.1 Å². The van der Waals surface area contributed by atoms with Gasteiger partial charge in [0.25, 0.3) is 0 Å². The third-order valence-electron chi connectivity index (χ3n) is 4.01.